The van der Waals surface area contributed by atoms with Crippen molar-refractivity contribution in [1.29, 1.82) is 0 Å². The molecule has 4 aromatic carbocycles. The van der Waals surface area contributed by atoms with Crippen LogP contribution >= 0.6 is 11.3 Å². The molecule has 0 spiro atoms. The van der Waals surface area contributed by atoms with E-state index in [9.17, 15) is 0 Å². The lowest BCUT2D eigenvalue weighted by Crippen LogP contribution is -2.27. The van der Waals surface area contributed by atoms with Crippen molar-refractivity contribution in [2.24, 2.45) is 0 Å². The lowest BCUT2D eigenvalue weighted by Gasteiger charge is -2.22. The van der Waals surface area contributed by atoms with Gasteiger partial charge in [0.1, 0.15) is 0 Å². The normalized spacial score (nSPS) is 15.9. The summed E-state index contributed by atoms with van der Waals surface area (Å²) >= 11 is 1.95. The Kier molecular flexibility index (Phi) is 3.79. The molecule has 0 aliphatic heterocycles. The van der Waals surface area contributed by atoms with E-state index < -0.39 is 0 Å². The molecular formula is C33H25NS. The van der Waals surface area contributed by atoms with Crippen molar-refractivity contribution >= 4 is 55.0 Å². The minimum Gasteiger partial charge on any atom is -0.312 e. The van der Waals surface area contributed by atoms with Crippen LogP contribution in [0.5, 0.6) is 0 Å². The summed E-state index contributed by atoms with van der Waals surface area (Å²) in [5.41, 5.74) is 9.75. The maximum Gasteiger partial charge on any atom is 0.0550 e. The van der Waals surface area contributed by atoms with Crippen LogP contribution in [0.2, 0.25) is 0 Å². The third-order valence-corrected chi connectivity index (χ3v) is 9.51. The highest BCUT2D eigenvalue weighted by molar-refractivity contribution is 7.17. The predicted molar refractivity (Wildman–Crippen MR) is 151 cm³/mol. The molecule has 0 unspecified atom stereocenters. The minimum absolute atomic E-state index is 0.00478. The van der Waals surface area contributed by atoms with Gasteiger partial charge in [-0.15, -0.1) is 11.3 Å². The summed E-state index contributed by atoms with van der Waals surface area (Å²) < 4.78 is 5.40. The number of fused-ring (bicyclic) bond motifs is 9. The molecule has 35 heavy (non-hydrogen) atoms. The Balaban J connectivity index is 1.55. The lowest BCUT2D eigenvalue weighted by molar-refractivity contribution is 0.661. The fourth-order valence-corrected chi connectivity index (χ4v) is 7.89. The summed E-state index contributed by atoms with van der Waals surface area (Å²) in [6, 6.07) is 31.8. The zero-order chi connectivity index (χ0) is 23.3. The fourth-order valence-electron chi connectivity index (χ4n) is 6.62. The Bertz CT molecular complexity index is 1980. The van der Waals surface area contributed by atoms with Crippen LogP contribution in [0.15, 0.2) is 84.9 Å². The third kappa shape index (κ3) is 2.48. The Labute approximate surface area is 208 Å². The van der Waals surface area contributed by atoms with E-state index in [-0.39, 0.29) is 5.41 Å². The molecule has 0 atom stereocenters. The van der Waals surface area contributed by atoms with Crippen LogP contribution in [0.1, 0.15) is 37.8 Å². The average molecular weight is 468 g/mol. The standard InChI is InChI=1S/C33H25NS/c1-33(2)26-14-6-3-10-20(26)24-18-25-21-11-4-7-15-28(21)34(30(25)19-27(24)33)29-16-9-13-23-22-12-5-8-17-31(22)35-32(23)29/h3-8,10-15,17-19H,9,16H2,1-2H3. The predicted octanol–water partition coefficient (Wildman–Crippen LogP) is 7.55. The van der Waals surface area contributed by atoms with Crippen LogP contribution in [0.25, 0.3) is 54.8 Å². The maximum atomic E-state index is 2.59. The molecule has 0 bridgehead atoms. The first-order valence-electron chi connectivity index (χ1n) is 12.5. The third-order valence-electron chi connectivity index (χ3n) is 8.27. The molecule has 1 nitrogen and oxygen atoms in total. The van der Waals surface area contributed by atoms with Crippen molar-refractivity contribution in [2.75, 3.05) is 0 Å². The van der Waals surface area contributed by atoms with Crippen molar-refractivity contribution in [2.45, 2.75) is 32.1 Å². The van der Waals surface area contributed by atoms with Crippen molar-refractivity contribution in [3.8, 4) is 11.1 Å². The molecule has 2 aliphatic rings. The highest BCUT2D eigenvalue weighted by Gasteiger charge is 2.36. The molecule has 0 N–H and O–H groups in total. The largest absolute Gasteiger partial charge is 0.312 e. The van der Waals surface area contributed by atoms with Crippen molar-refractivity contribution < 1.29 is 0 Å². The molecule has 0 saturated heterocycles. The molecule has 0 amide bonds. The zero-order valence-electron chi connectivity index (χ0n) is 19.9. The molecule has 0 fully saturated rings. The second-order valence-electron chi connectivity index (χ2n) is 10.5. The van der Waals surface area contributed by atoms with Gasteiger partial charge in [0, 0.05) is 32.0 Å². The number of para-hydroxylation sites is 1. The molecule has 2 heterocycles. The van der Waals surface area contributed by atoms with Gasteiger partial charge >= 0.3 is 0 Å². The van der Waals surface area contributed by atoms with E-state index in [1.165, 1.54) is 69.6 Å². The van der Waals surface area contributed by atoms with Crippen LogP contribution in [0.3, 0.4) is 0 Å². The number of rotatable bonds is 1. The molecule has 2 aliphatic carbocycles. The second-order valence-corrected chi connectivity index (χ2v) is 11.5. The molecular weight excluding hydrogens is 442 g/mol. The number of hydrogen-bond acceptors (Lipinski definition) is 1. The Morgan fingerprint density at radius 3 is 2.40 bits per heavy atom. The summed E-state index contributed by atoms with van der Waals surface area (Å²) in [4.78, 5) is 0. The summed E-state index contributed by atoms with van der Waals surface area (Å²) in [6.07, 6.45) is 4.59. The molecule has 6 aromatic rings. The smallest absolute Gasteiger partial charge is 0.0550 e. The van der Waals surface area contributed by atoms with Gasteiger partial charge < -0.3 is 4.57 Å². The number of aromatic nitrogens is 1. The quantitative estimate of drug-likeness (QED) is 0.235. The van der Waals surface area contributed by atoms with Gasteiger partial charge in [0.2, 0.25) is 0 Å². The monoisotopic (exact) mass is 467 g/mol. The van der Waals surface area contributed by atoms with E-state index in [1.807, 2.05) is 11.3 Å². The van der Waals surface area contributed by atoms with Gasteiger partial charge in [-0.2, -0.15) is 0 Å². The molecule has 0 saturated carbocycles. The number of benzene rings is 4. The molecule has 168 valence electrons. The van der Waals surface area contributed by atoms with Crippen molar-refractivity contribution in [3.05, 3.63) is 106 Å². The molecule has 2 aromatic heterocycles. The number of hydrogen-bond donors (Lipinski definition) is 0. The number of nitrogens with zero attached hydrogens (tertiary/aromatic N) is 1. The van der Waals surface area contributed by atoms with Crippen LogP contribution in [-0.2, 0) is 5.41 Å². The van der Waals surface area contributed by atoms with E-state index in [4.69, 9.17) is 0 Å². The Morgan fingerprint density at radius 1 is 0.714 bits per heavy atom. The zero-order valence-corrected chi connectivity index (χ0v) is 20.7. The topological polar surface area (TPSA) is 4.93 Å². The van der Waals surface area contributed by atoms with Gasteiger partial charge in [0.15, 0.2) is 0 Å². The van der Waals surface area contributed by atoms with E-state index in [2.05, 4.69) is 109 Å². The van der Waals surface area contributed by atoms with Gasteiger partial charge in [-0.25, -0.2) is 0 Å². The molecule has 0 radical (unpaired) electrons. The maximum absolute atomic E-state index is 2.59. The van der Waals surface area contributed by atoms with E-state index in [0.29, 0.717) is 0 Å². The first-order chi connectivity index (χ1) is 17.1. The highest BCUT2D eigenvalue weighted by atomic mass is 32.1. The second kappa shape index (κ2) is 6.74. The van der Waals surface area contributed by atoms with Crippen LogP contribution in [0, 0.1) is 0 Å². The van der Waals surface area contributed by atoms with Crippen molar-refractivity contribution in [1.82, 2.24) is 4.57 Å². The van der Waals surface area contributed by atoms with E-state index >= 15 is 0 Å². The summed E-state index contributed by atoms with van der Waals surface area (Å²) in [5, 5.41) is 5.52. The first-order valence-corrected chi connectivity index (χ1v) is 13.3. The lowest BCUT2D eigenvalue weighted by atomic mass is 9.82. The van der Waals surface area contributed by atoms with Gasteiger partial charge in [-0.3, -0.25) is 0 Å². The first kappa shape index (κ1) is 19.7. The van der Waals surface area contributed by atoms with Crippen LogP contribution in [0.4, 0.5) is 0 Å². The highest BCUT2D eigenvalue weighted by Crippen LogP contribution is 2.50. The summed E-state index contributed by atoms with van der Waals surface area (Å²) in [6.45, 7) is 4.76. The minimum atomic E-state index is -0.00478. The molecule has 2 heteroatoms. The fraction of sp³-hybridized carbons (Fsp3) is 0.152. The SMILES string of the molecule is CC1(C)c2ccccc2-c2cc3c4ccccc4n(C4=c5sc6ccccc6c5=CCC4)c3cc21. The summed E-state index contributed by atoms with van der Waals surface area (Å²) in [7, 11) is 0. The van der Waals surface area contributed by atoms with Crippen LogP contribution < -0.4 is 9.75 Å². The Morgan fingerprint density at radius 2 is 1.49 bits per heavy atom. The molecule has 8 rings (SSSR count). The van der Waals surface area contributed by atoms with Crippen LogP contribution in [-0.4, -0.2) is 4.57 Å². The van der Waals surface area contributed by atoms with Gasteiger partial charge in [0.05, 0.1) is 15.6 Å². The van der Waals surface area contributed by atoms with Crippen molar-refractivity contribution in [3.63, 3.8) is 0 Å². The van der Waals surface area contributed by atoms with Gasteiger partial charge in [0.25, 0.3) is 0 Å². The Hall–Kier alpha value is -3.62. The van der Waals surface area contributed by atoms with Gasteiger partial charge in [-0.1, -0.05) is 80.6 Å². The van der Waals surface area contributed by atoms with E-state index in [1.54, 1.807) is 0 Å². The summed E-state index contributed by atoms with van der Waals surface area (Å²) in [5.74, 6) is 0. The van der Waals surface area contributed by atoms with Gasteiger partial charge in [-0.05, 0) is 64.6 Å². The number of thiophene rings is 1. The average Bonchev–Trinajstić information content (AvgIpc) is 3.50. The van der Waals surface area contributed by atoms with E-state index in [0.717, 1.165) is 12.8 Å².